The summed E-state index contributed by atoms with van der Waals surface area (Å²) in [5, 5.41) is 23.1. The zero-order valence-corrected chi connectivity index (χ0v) is 13.9. The molecule has 7 nitrogen and oxygen atoms in total. The summed E-state index contributed by atoms with van der Waals surface area (Å²) in [7, 11) is 0. The van der Waals surface area contributed by atoms with Gasteiger partial charge in [0, 0.05) is 18.8 Å². The van der Waals surface area contributed by atoms with Crippen molar-refractivity contribution >= 4 is 11.7 Å². The number of pyridine rings is 1. The van der Waals surface area contributed by atoms with E-state index in [1.165, 1.54) is 0 Å². The molecule has 126 valence electrons. The van der Waals surface area contributed by atoms with E-state index >= 15 is 0 Å². The fraction of sp³-hybridized carbons (Fsp3) is 0.562. The van der Waals surface area contributed by atoms with Crippen LogP contribution >= 0.6 is 0 Å². The zero-order chi connectivity index (χ0) is 16.8. The first-order valence-corrected chi connectivity index (χ1v) is 8.00. The molecule has 2 rings (SSSR count). The number of carbonyl (C=O) groups excluding carboxylic acids is 1. The normalized spacial score (nSPS) is 14.0. The van der Waals surface area contributed by atoms with Crippen LogP contribution in [0.1, 0.15) is 45.5 Å². The second-order valence-corrected chi connectivity index (χ2v) is 6.09. The number of aliphatic hydroxyl groups is 1. The molecule has 0 aromatic carbocycles. The van der Waals surface area contributed by atoms with Gasteiger partial charge in [-0.05, 0) is 37.8 Å². The minimum absolute atomic E-state index is 0.00473. The van der Waals surface area contributed by atoms with Crippen molar-refractivity contribution in [1.29, 1.82) is 0 Å². The molecule has 2 unspecified atom stereocenters. The van der Waals surface area contributed by atoms with Gasteiger partial charge in [0.05, 0.1) is 6.04 Å². The highest BCUT2D eigenvalue weighted by Crippen LogP contribution is 2.20. The number of nitrogens with one attached hydrogen (secondary N) is 2. The fourth-order valence-corrected chi connectivity index (χ4v) is 2.48. The van der Waals surface area contributed by atoms with E-state index in [0.29, 0.717) is 12.2 Å². The first-order valence-electron chi connectivity index (χ1n) is 8.00. The number of fused-ring (bicyclic) bond motifs is 1. The maximum atomic E-state index is 12.2. The molecule has 0 aliphatic carbocycles. The summed E-state index contributed by atoms with van der Waals surface area (Å²) in [6, 6.07) is 5.23. The van der Waals surface area contributed by atoms with E-state index in [0.717, 1.165) is 12.1 Å². The van der Waals surface area contributed by atoms with E-state index < -0.39 is 0 Å². The number of carbonyl (C=O) groups is 1. The maximum Gasteiger partial charge on any atom is 0.315 e. The molecule has 0 bridgehead atoms. The highest BCUT2D eigenvalue weighted by Gasteiger charge is 2.23. The molecule has 0 aliphatic heterocycles. The van der Waals surface area contributed by atoms with E-state index in [9.17, 15) is 4.79 Å². The summed E-state index contributed by atoms with van der Waals surface area (Å²) < 4.78 is 1.89. The monoisotopic (exact) mass is 319 g/mol. The topological polar surface area (TPSA) is 91.5 Å². The molecule has 2 heterocycles. The van der Waals surface area contributed by atoms with Crippen LogP contribution in [0.2, 0.25) is 0 Å². The Labute approximate surface area is 136 Å². The lowest BCUT2D eigenvalue weighted by Crippen LogP contribution is -2.44. The van der Waals surface area contributed by atoms with Crippen LogP contribution in [-0.2, 0) is 0 Å². The van der Waals surface area contributed by atoms with Gasteiger partial charge in [-0.15, -0.1) is 10.2 Å². The molecule has 0 aliphatic rings. The molecule has 0 spiro atoms. The Kier molecular flexibility index (Phi) is 5.92. The van der Waals surface area contributed by atoms with Gasteiger partial charge in [0.25, 0.3) is 0 Å². The number of hydrogen-bond donors (Lipinski definition) is 3. The number of nitrogens with zero attached hydrogens (tertiary/aromatic N) is 3. The third-order valence-electron chi connectivity index (χ3n) is 3.74. The van der Waals surface area contributed by atoms with E-state index in [4.69, 9.17) is 5.11 Å². The second-order valence-electron chi connectivity index (χ2n) is 6.09. The van der Waals surface area contributed by atoms with Crippen LogP contribution in [0.3, 0.4) is 0 Å². The van der Waals surface area contributed by atoms with Gasteiger partial charge in [-0.2, -0.15) is 0 Å². The predicted octanol–water partition coefficient (Wildman–Crippen LogP) is 1.89. The van der Waals surface area contributed by atoms with Crippen LogP contribution < -0.4 is 10.6 Å². The van der Waals surface area contributed by atoms with Crippen molar-refractivity contribution in [1.82, 2.24) is 25.2 Å². The SMILES string of the molecule is CC(CCCO)NC(=O)NC(c1nnc2ccccn12)C(C)C. The Morgan fingerprint density at radius 1 is 1.26 bits per heavy atom. The first kappa shape index (κ1) is 17.2. The van der Waals surface area contributed by atoms with E-state index in [1.54, 1.807) is 0 Å². The molecule has 0 saturated heterocycles. The molecule has 2 atom stereocenters. The van der Waals surface area contributed by atoms with Crippen molar-refractivity contribution in [2.45, 2.75) is 45.7 Å². The van der Waals surface area contributed by atoms with Crippen LogP contribution in [0.15, 0.2) is 24.4 Å². The van der Waals surface area contributed by atoms with Crippen molar-refractivity contribution in [3.63, 3.8) is 0 Å². The predicted molar refractivity (Wildman–Crippen MR) is 88.0 cm³/mol. The standard InChI is InChI=1S/C16H25N5O2/c1-11(2)14(18-16(23)17-12(3)7-6-10-22)15-20-19-13-8-4-5-9-21(13)15/h4-5,8-9,11-12,14,22H,6-7,10H2,1-3H3,(H2,17,18,23). The summed E-state index contributed by atoms with van der Waals surface area (Å²) >= 11 is 0. The lowest BCUT2D eigenvalue weighted by molar-refractivity contribution is 0.226. The summed E-state index contributed by atoms with van der Waals surface area (Å²) in [5.41, 5.74) is 0.756. The van der Waals surface area contributed by atoms with Gasteiger partial charge in [-0.3, -0.25) is 4.40 Å². The zero-order valence-electron chi connectivity index (χ0n) is 13.9. The highest BCUT2D eigenvalue weighted by atomic mass is 16.3. The molecular weight excluding hydrogens is 294 g/mol. The molecule has 7 heteroatoms. The Morgan fingerprint density at radius 3 is 2.74 bits per heavy atom. The number of amides is 2. The number of rotatable bonds is 7. The Balaban J connectivity index is 2.09. The Bertz CT molecular complexity index is 640. The summed E-state index contributed by atoms with van der Waals surface area (Å²) in [6.07, 6.45) is 3.30. The van der Waals surface area contributed by atoms with Gasteiger partial charge < -0.3 is 15.7 Å². The largest absolute Gasteiger partial charge is 0.396 e. The Morgan fingerprint density at radius 2 is 2.04 bits per heavy atom. The van der Waals surface area contributed by atoms with Gasteiger partial charge >= 0.3 is 6.03 Å². The smallest absolute Gasteiger partial charge is 0.315 e. The lowest BCUT2D eigenvalue weighted by atomic mass is 10.0. The molecule has 2 aromatic heterocycles. The van der Waals surface area contributed by atoms with Crippen LogP contribution in [0.25, 0.3) is 5.65 Å². The maximum absolute atomic E-state index is 12.2. The molecule has 0 saturated carbocycles. The molecule has 2 aromatic rings. The van der Waals surface area contributed by atoms with E-state index in [-0.39, 0.29) is 30.6 Å². The molecular formula is C16H25N5O2. The van der Waals surface area contributed by atoms with Gasteiger partial charge in [0.15, 0.2) is 11.5 Å². The number of urea groups is 1. The average Bonchev–Trinajstić information content (AvgIpc) is 2.94. The summed E-state index contributed by atoms with van der Waals surface area (Å²) in [6.45, 7) is 6.12. The number of aliphatic hydroxyl groups excluding tert-OH is 1. The van der Waals surface area contributed by atoms with E-state index in [2.05, 4.69) is 20.8 Å². The quantitative estimate of drug-likeness (QED) is 0.727. The fourth-order valence-electron chi connectivity index (χ4n) is 2.48. The molecule has 3 N–H and O–H groups in total. The molecule has 23 heavy (non-hydrogen) atoms. The molecule has 0 radical (unpaired) electrons. The van der Waals surface area contributed by atoms with E-state index in [1.807, 2.05) is 49.6 Å². The average molecular weight is 319 g/mol. The van der Waals surface area contributed by atoms with Gasteiger partial charge in [0.1, 0.15) is 0 Å². The van der Waals surface area contributed by atoms with Crippen LogP contribution in [0, 0.1) is 5.92 Å². The second kappa shape index (κ2) is 7.92. The minimum atomic E-state index is -0.238. The van der Waals surface area contributed by atoms with Crippen molar-refractivity contribution in [2.24, 2.45) is 5.92 Å². The molecule has 2 amide bonds. The Hall–Kier alpha value is -2.15. The van der Waals surface area contributed by atoms with Crippen molar-refractivity contribution in [3.8, 4) is 0 Å². The minimum Gasteiger partial charge on any atom is -0.396 e. The lowest BCUT2D eigenvalue weighted by Gasteiger charge is -2.22. The summed E-state index contributed by atoms with van der Waals surface area (Å²) in [4.78, 5) is 12.2. The van der Waals surface area contributed by atoms with Gasteiger partial charge in [-0.25, -0.2) is 4.79 Å². The van der Waals surface area contributed by atoms with Crippen LogP contribution in [-0.4, -0.2) is 38.4 Å². The van der Waals surface area contributed by atoms with Gasteiger partial charge in [0.2, 0.25) is 0 Å². The van der Waals surface area contributed by atoms with Crippen LogP contribution in [0.4, 0.5) is 4.79 Å². The third kappa shape index (κ3) is 4.41. The number of hydrogen-bond acceptors (Lipinski definition) is 4. The van der Waals surface area contributed by atoms with Gasteiger partial charge in [-0.1, -0.05) is 19.9 Å². The molecule has 0 fully saturated rings. The third-order valence-corrected chi connectivity index (χ3v) is 3.74. The highest BCUT2D eigenvalue weighted by molar-refractivity contribution is 5.74. The van der Waals surface area contributed by atoms with Crippen molar-refractivity contribution in [2.75, 3.05) is 6.61 Å². The van der Waals surface area contributed by atoms with Crippen molar-refractivity contribution in [3.05, 3.63) is 30.2 Å². The number of aromatic nitrogens is 3. The first-order chi connectivity index (χ1) is 11.0. The summed E-state index contributed by atoms with van der Waals surface area (Å²) in [5.74, 6) is 0.884. The van der Waals surface area contributed by atoms with Crippen LogP contribution in [0.5, 0.6) is 0 Å². The van der Waals surface area contributed by atoms with Crippen molar-refractivity contribution < 1.29 is 9.90 Å².